The summed E-state index contributed by atoms with van der Waals surface area (Å²) < 4.78 is 0.628. The topological polar surface area (TPSA) is 55.2 Å². The lowest BCUT2D eigenvalue weighted by Crippen LogP contribution is -1.94. The van der Waals surface area contributed by atoms with Crippen molar-refractivity contribution in [2.75, 3.05) is 5.32 Å². The quantitative estimate of drug-likeness (QED) is 0.519. The molecular formula is C10H7IN2O2S. The minimum atomic E-state index is -0.379. The molecule has 0 aliphatic rings. The average molecular weight is 346 g/mol. The van der Waals surface area contributed by atoms with Gasteiger partial charge in [-0.05, 0) is 46.2 Å². The average Bonchev–Trinajstić information content (AvgIpc) is 2.70. The number of nitrogens with one attached hydrogen (secondary N) is 1. The number of hydrogen-bond donors (Lipinski definition) is 1. The fraction of sp³-hybridized carbons (Fsp3) is 0. The highest BCUT2D eigenvalue weighted by Crippen LogP contribution is 2.26. The molecule has 0 aliphatic heterocycles. The number of benzene rings is 1. The van der Waals surface area contributed by atoms with Crippen LogP contribution < -0.4 is 5.32 Å². The molecule has 82 valence electrons. The summed E-state index contributed by atoms with van der Waals surface area (Å²) in [6.45, 7) is 0. The van der Waals surface area contributed by atoms with Crippen LogP contribution in [0.3, 0.4) is 0 Å². The van der Waals surface area contributed by atoms with Gasteiger partial charge in [0, 0.05) is 22.8 Å². The molecule has 0 spiro atoms. The Morgan fingerprint density at radius 1 is 1.31 bits per heavy atom. The predicted molar refractivity (Wildman–Crippen MR) is 73.4 cm³/mol. The van der Waals surface area contributed by atoms with Gasteiger partial charge in [-0.3, -0.25) is 10.1 Å². The lowest BCUT2D eigenvalue weighted by molar-refractivity contribution is -0.385. The Kier molecular flexibility index (Phi) is 3.39. The first-order chi connectivity index (χ1) is 7.66. The Balaban J connectivity index is 2.24. The van der Waals surface area contributed by atoms with E-state index in [0.717, 1.165) is 11.4 Å². The normalized spacial score (nSPS) is 10.1. The van der Waals surface area contributed by atoms with E-state index >= 15 is 0 Å². The number of nitro groups is 1. The van der Waals surface area contributed by atoms with Crippen molar-refractivity contribution >= 4 is 51.0 Å². The second-order valence-corrected chi connectivity index (χ2v) is 5.00. The monoisotopic (exact) mass is 346 g/mol. The fourth-order valence-corrected chi connectivity index (χ4v) is 2.54. The van der Waals surface area contributed by atoms with Gasteiger partial charge in [0.05, 0.1) is 8.49 Å². The van der Waals surface area contributed by atoms with E-state index in [1.54, 1.807) is 23.5 Å². The highest BCUT2D eigenvalue weighted by atomic mass is 127. The molecule has 16 heavy (non-hydrogen) atoms. The van der Waals surface area contributed by atoms with Crippen LogP contribution in [-0.2, 0) is 0 Å². The van der Waals surface area contributed by atoms with Gasteiger partial charge in [-0.25, -0.2) is 0 Å². The molecule has 0 bridgehead atoms. The van der Waals surface area contributed by atoms with Gasteiger partial charge in [-0.1, -0.05) is 0 Å². The number of nitro benzene ring substituents is 1. The van der Waals surface area contributed by atoms with Gasteiger partial charge in [-0.15, -0.1) is 0 Å². The van der Waals surface area contributed by atoms with E-state index in [4.69, 9.17) is 0 Å². The van der Waals surface area contributed by atoms with E-state index in [1.807, 2.05) is 39.4 Å². The third-order valence-electron chi connectivity index (χ3n) is 1.95. The molecule has 1 aromatic carbocycles. The third kappa shape index (κ3) is 2.50. The fourth-order valence-electron chi connectivity index (χ4n) is 1.23. The van der Waals surface area contributed by atoms with Gasteiger partial charge < -0.3 is 5.32 Å². The molecule has 4 nitrogen and oxygen atoms in total. The number of rotatable bonds is 3. The zero-order valence-electron chi connectivity index (χ0n) is 8.01. The van der Waals surface area contributed by atoms with E-state index in [2.05, 4.69) is 5.32 Å². The van der Waals surface area contributed by atoms with Crippen LogP contribution in [0.4, 0.5) is 17.1 Å². The molecule has 0 amide bonds. The van der Waals surface area contributed by atoms with Crippen LogP contribution in [0.1, 0.15) is 0 Å². The summed E-state index contributed by atoms with van der Waals surface area (Å²) in [7, 11) is 0. The summed E-state index contributed by atoms with van der Waals surface area (Å²) in [5, 5.41) is 17.8. The minimum absolute atomic E-state index is 0.136. The van der Waals surface area contributed by atoms with Gasteiger partial charge in [0.1, 0.15) is 0 Å². The molecule has 1 aromatic heterocycles. The Morgan fingerprint density at radius 2 is 2.12 bits per heavy atom. The van der Waals surface area contributed by atoms with Gasteiger partial charge in [0.25, 0.3) is 5.69 Å². The molecular weight excluding hydrogens is 339 g/mol. The van der Waals surface area contributed by atoms with E-state index in [-0.39, 0.29) is 10.6 Å². The van der Waals surface area contributed by atoms with Crippen LogP contribution in [0.5, 0.6) is 0 Å². The van der Waals surface area contributed by atoms with Gasteiger partial charge in [0.2, 0.25) is 0 Å². The van der Waals surface area contributed by atoms with Crippen molar-refractivity contribution in [3.05, 3.63) is 48.7 Å². The molecule has 0 radical (unpaired) electrons. The second kappa shape index (κ2) is 4.79. The van der Waals surface area contributed by atoms with Crippen LogP contribution in [-0.4, -0.2) is 4.92 Å². The van der Waals surface area contributed by atoms with Crippen molar-refractivity contribution < 1.29 is 4.92 Å². The largest absolute Gasteiger partial charge is 0.355 e. The summed E-state index contributed by atoms with van der Waals surface area (Å²) in [5.41, 5.74) is 1.99. The van der Waals surface area contributed by atoms with E-state index < -0.39 is 0 Å². The summed E-state index contributed by atoms with van der Waals surface area (Å²) in [5.74, 6) is 0. The first kappa shape index (κ1) is 11.3. The van der Waals surface area contributed by atoms with E-state index in [0.29, 0.717) is 3.57 Å². The molecule has 0 atom stereocenters. The first-order valence-corrected chi connectivity index (χ1v) is 6.42. The zero-order valence-corrected chi connectivity index (χ0v) is 11.0. The molecule has 0 unspecified atom stereocenters. The van der Waals surface area contributed by atoms with Crippen molar-refractivity contribution in [2.24, 2.45) is 0 Å². The van der Waals surface area contributed by atoms with Crippen molar-refractivity contribution in [1.29, 1.82) is 0 Å². The third-order valence-corrected chi connectivity index (χ3v) is 3.50. The molecule has 0 saturated heterocycles. The number of thiophene rings is 1. The molecule has 2 aromatic rings. The zero-order chi connectivity index (χ0) is 11.5. The number of nitrogens with zero attached hydrogens (tertiary/aromatic N) is 1. The SMILES string of the molecule is O=[N+]([O-])c1ccc(Nc2ccsc2)cc1I. The lowest BCUT2D eigenvalue weighted by atomic mass is 10.3. The summed E-state index contributed by atoms with van der Waals surface area (Å²) in [4.78, 5) is 10.3. The van der Waals surface area contributed by atoms with E-state index in [1.165, 1.54) is 6.07 Å². The van der Waals surface area contributed by atoms with Crippen LogP contribution in [0, 0.1) is 13.7 Å². The highest BCUT2D eigenvalue weighted by molar-refractivity contribution is 14.1. The van der Waals surface area contributed by atoms with Crippen LogP contribution in [0.15, 0.2) is 35.0 Å². The number of halogens is 1. The standard InChI is InChI=1S/C10H7IN2O2S/c11-9-5-7(1-2-10(9)13(14)15)12-8-3-4-16-6-8/h1-6,12H. The molecule has 0 saturated carbocycles. The Bertz CT molecular complexity index is 514. The van der Waals surface area contributed by atoms with Gasteiger partial charge >= 0.3 is 0 Å². The highest BCUT2D eigenvalue weighted by Gasteiger charge is 2.11. The smallest absolute Gasteiger partial charge is 0.282 e. The maximum Gasteiger partial charge on any atom is 0.282 e. The Labute approximate surface area is 110 Å². The Hall–Kier alpha value is -1.15. The Morgan fingerprint density at radius 3 is 2.69 bits per heavy atom. The van der Waals surface area contributed by atoms with Crippen molar-refractivity contribution in [3.8, 4) is 0 Å². The molecule has 1 N–H and O–H groups in total. The first-order valence-electron chi connectivity index (χ1n) is 4.40. The van der Waals surface area contributed by atoms with Gasteiger partial charge in [0.15, 0.2) is 0 Å². The molecule has 0 aliphatic carbocycles. The molecule has 0 fully saturated rings. The number of hydrogen-bond acceptors (Lipinski definition) is 4. The summed E-state index contributed by atoms with van der Waals surface area (Å²) >= 11 is 3.56. The molecule has 2 rings (SSSR count). The van der Waals surface area contributed by atoms with Gasteiger partial charge in [-0.2, -0.15) is 11.3 Å². The molecule has 1 heterocycles. The minimum Gasteiger partial charge on any atom is -0.355 e. The van der Waals surface area contributed by atoms with Crippen LogP contribution in [0.2, 0.25) is 0 Å². The van der Waals surface area contributed by atoms with Crippen molar-refractivity contribution in [1.82, 2.24) is 0 Å². The lowest BCUT2D eigenvalue weighted by Gasteiger charge is -2.04. The number of anilines is 2. The predicted octanol–water partition coefficient (Wildman–Crippen LogP) is 4.00. The summed E-state index contributed by atoms with van der Waals surface area (Å²) in [6.07, 6.45) is 0. The van der Waals surface area contributed by atoms with E-state index in [9.17, 15) is 10.1 Å². The molecule has 6 heteroatoms. The maximum absolute atomic E-state index is 10.6. The van der Waals surface area contributed by atoms with Crippen molar-refractivity contribution in [3.63, 3.8) is 0 Å². The second-order valence-electron chi connectivity index (χ2n) is 3.06. The van der Waals surface area contributed by atoms with Crippen molar-refractivity contribution in [2.45, 2.75) is 0 Å². The van der Waals surface area contributed by atoms with Crippen LogP contribution >= 0.6 is 33.9 Å². The van der Waals surface area contributed by atoms with Crippen LogP contribution in [0.25, 0.3) is 0 Å². The summed E-state index contributed by atoms with van der Waals surface area (Å²) in [6, 6.07) is 6.93. The maximum atomic E-state index is 10.6.